The molecular formula is C24H20F4N8O2. The second kappa shape index (κ2) is 10.3. The molecule has 0 fully saturated rings. The Balaban J connectivity index is 1.49. The largest absolute Gasteiger partial charge is 0.423 e. The zero-order chi connectivity index (χ0) is 27.6. The fourth-order valence-electron chi connectivity index (χ4n) is 3.96. The maximum Gasteiger partial charge on any atom is 0.423 e. The molecule has 0 amide bonds. The number of nitrogen functional groups attached to an aromatic ring is 1. The van der Waals surface area contributed by atoms with Crippen molar-refractivity contribution in [3.05, 3.63) is 74.4 Å². The summed E-state index contributed by atoms with van der Waals surface area (Å²) < 4.78 is 55.9. The first kappa shape index (κ1) is 26.3. The number of halogens is 4. The monoisotopic (exact) mass is 528 g/mol. The fraction of sp³-hybridized carbons (Fsp3) is 0.250. The summed E-state index contributed by atoms with van der Waals surface area (Å²) in [4.78, 5) is 32.5. The second-order valence-electron chi connectivity index (χ2n) is 8.51. The number of nitrogens with two attached hydrogens (primary N) is 1. The average Bonchev–Trinajstić information content (AvgIpc) is 2.84. The van der Waals surface area contributed by atoms with Crippen LogP contribution in [-0.2, 0) is 12.7 Å². The highest BCUT2D eigenvalue weighted by Crippen LogP contribution is 2.32. The van der Waals surface area contributed by atoms with E-state index in [1.54, 1.807) is 18.1 Å². The van der Waals surface area contributed by atoms with Gasteiger partial charge in [0.15, 0.2) is 5.82 Å². The van der Waals surface area contributed by atoms with Crippen LogP contribution in [-0.4, -0.2) is 30.8 Å². The zero-order valence-corrected chi connectivity index (χ0v) is 19.8. The number of nitriles is 1. The van der Waals surface area contributed by atoms with E-state index in [0.717, 1.165) is 12.3 Å². The first-order valence-electron chi connectivity index (χ1n) is 11.3. The van der Waals surface area contributed by atoms with Crippen molar-refractivity contribution in [1.29, 1.82) is 5.26 Å². The molecule has 0 spiro atoms. The average molecular weight is 528 g/mol. The third-order valence-corrected chi connectivity index (χ3v) is 5.82. The molecule has 0 radical (unpaired) electrons. The van der Waals surface area contributed by atoms with Gasteiger partial charge in [0.25, 0.3) is 11.1 Å². The van der Waals surface area contributed by atoms with Crippen LogP contribution in [0.15, 0.2) is 46.4 Å². The molecule has 3 aromatic heterocycles. The van der Waals surface area contributed by atoms with Crippen molar-refractivity contribution < 1.29 is 17.6 Å². The quantitative estimate of drug-likeness (QED) is 0.308. The number of hydrogen-bond acceptors (Lipinski definition) is 8. The van der Waals surface area contributed by atoms with Crippen molar-refractivity contribution in [3.63, 3.8) is 0 Å². The van der Waals surface area contributed by atoms with Gasteiger partial charge in [0, 0.05) is 18.8 Å². The normalized spacial score (nSPS) is 12.3. The molecule has 38 heavy (non-hydrogen) atoms. The minimum absolute atomic E-state index is 0.0122. The number of pyridine rings is 1. The maximum atomic E-state index is 14.9. The number of benzene rings is 1. The molecule has 4 aromatic rings. The van der Waals surface area contributed by atoms with Gasteiger partial charge in [-0.05, 0) is 43.4 Å². The lowest BCUT2D eigenvalue weighted by molar-refractivity contribution is -0.138. The highest BCUT2D eigenvalue weighted by Gasteiger charge is 2.37. The number of H-pyrrole nitrogens is 1. The van der Waals surface area contributed by atoms with E-state index in [9.17, 15) is 27.2 Å². The van der Waals surface area contributed by atoms with Gasteiger partial charge in [-0.2, -0.15) is 23.5 Å². The molecule has 4 rings (SSSR count). The van der Waals surface area contributed by atoms with Gasteiger partial charge < -0.3 is 15.6 Å². The van der Waals surface area contributed by atoms with Crippen molar-refractivity contribution in [3.8, 4) is 17.5 Å². The van der Waals surface area contributed by atoms with Crippen molar-refractivity contribution in [1.82, 2.24) is 24.7 Å². The Kier molecular flexibility index (Phi) is 7.11. The number of nitrogens with one attached hydrogen (secondary N) is 2. The Hall–Kier alpha value is -4.80. The van der Waals surface area contributed by atoms with Crippen molar-refractivity contribution in [2.24, 2.45) is 0 Å². The molecule has 10 nitrogen and oxygen atoms in total. The molecule has 0 aliphatic carbocycles. The van der Waals surface area contributed by atoms with E-state index in [1.165, 1.54) is 23.0 Å². The van der Waals surface area contributed by atoms with Gasteiger partial charge in [0.05, 0.1) is 29.0 Å². The van der Waals surface area contributed by atoms with E-state index in [-0.39, 0.29) is 34.7 Å². The van der Waals surface area contributed by atoms with E-state index >= 15 is 0 Å². The van der Waals surface area contributed by atoms with E-state index in [2.05, 4.69) is 20.4 Å². The van der Waals surface area contributed by atoms with E-state index in [1.807, 2.05) is 6.07 Å². The Morgan fingerprint density at radius 3 is 2.71 bits per heavy atom. The molecule has 0 saturated carbocycles. The predicted octanol–water partition coefficient (Wildman–Crippen LogP) is 3.43. The van der Waals surface area contributed by atoms with Gasteiger partial charge in [0.2, 0.25) is 0 Å². The summed E-state index contributed by atoms with van der Waals surface area (Å²) in [7, 11) is 0. The van der Waals surface area contributed by atoms with Gasteiger partial charge in [0.1, 0.15) is 28.8 Å². The number of fused-ring (bicyclic) bond motifs is 1. The lowest BCUT2D eigenvalue weighted by Gasteiger charge is -2.18. The molecule has 1 aromatic carbocycles. The molecule has 0 bridgehead atoms. The minimum Gasteiger partial charge on any atom is -0.382 e. The third kappa shape index (κ3) is 5.31. The van der Waals surface area contributed by atoms with Crippen LogP contribution < -0.4 is 22.2 Å². The minimum atomic E-state index is -4.86. The van der Waals surface area contributed by atoms with Crippen LogP contribution in [0.3, 0.4) is 0 Å². The van der Waals surface area contributed by atoms with Crippen LogP contribution in [0.5, 0.6) is 0 Å². The Labute approximate surface area is 211 Å². The van der Waals surface area contributed by atoms with Crippen LogP contribution in [0.25, 0.3) is 22.2 Å². The maximum absolute atomic E-state index is 14.9. The van der Waals surface area contributed by atoms with Gasteiger partial charge in [-0.1, -0.05) is 0 Å². The number of aryl methyl sites for hydroxylation is 1. The van der Waals surface area contributed by atoms with Crippen LogP contribution >= 0.6 is 0 Å². The summed E-state index contributed by atoms with van der Waals surface area (Å²) in [5.41, 5.74) is 2.17. The number of hydrogen-bond donors (Lipinski definition) is 3. The molecule has 1 atom stereocenters. The Morgan fingerprint density at radius 2 is 2.03 bits per heavy atom. The SMILES string of the molecule is C[C@@H](CCCn1ccc2cc(-c3ncc(C#N)c(N)n3)c(F)cc2c1=O)Nc1cn[nH]c(=O)c1C(F)(F)F. The van der Waals surface area contributed by atoms with Gasteiger partial charge in [-0.15, -0.1) is 0 Å². The zero-order valence-electron chi connectivity index (χ0n) is 19.8. The summed E-state index contributed by atoms with van der Waals surface area (Å²) in [6, 6.07) is 5.45. The van der Waals surface area contributed by atoms with Crippen molar-refractivity contribution in [2.75, 3.05) is 11.1 Å². The molecule has 196 valence electrons. The molecule has 0 unspecified atom stereocenters. The van der Waals surface area contributed by atoms with E-state index in [4.69, 9.17) is 11.0 Å². The highest BCUT2D eigenvalue weighted by molar-refractivity contribution is 5.86. The first-order chi connectivity index (χ1) is 18.0. The van der Waals surface area contributed by atoms with Gasteiger partial charge in [-0.3, -0.25) is 9.59 Å². The van der Waals surface area contributed by atoms with E-state index in [0.29, 0.717) is 18.2 Å². The number of rotatable bonds is 7. The smallest absolute Gasteiger partial charge is 0.382 e. The van der Waals surface area contributed by atoms with Crippen molar-refractivity contribution in [2.45, 2.75) is 38.5 Å². The molecule has 4 N–H and O–H groups in total. The highest BCUT2D eigenvalue weighted by atomic mass is 19.4. The number of nitrogens with zero attached hydrogens (tertiary/aromatic N) is 5. The Morgan fingerprint density at radius 1 is 1.26 bits per heavy atom. The summed E-state index contributed by atoms with van der Waals surface area (Å²) in [6.45, 7) is 1.86. The van der Waals surface area contributed by atoms with E-state index < -0.39 is 40.4 Å². The summed E-state index contributed by atoms with van der Waals surface area (Å²) in [5, 5.41) is 17.4. The summed E-state index contributed by atoms with van der Waals surface area (Å²) >= 11 is 0. The van der Waals surface area contributed by atoms with Gasteiger partial charge >= 0.3 is 6.18 Å². The number of alkyl halides is 3. The van der Waals surface area contributed by atoms with Crippen molar-refractivity contribution >= 4 is 22.3 Å². The van der Waals surface area contributed by atoms with Crippen LogP contribution in [0.4, 0.5) is 29.1 Å². The number of aromatic amines is 1. The van der Waals surface area contributed by atoms with Crippen LogP contribution in [0, 0.1) is 17.1 Å². The first-order valence-corrected chi connectivity index (χ1v) is 11.3. The molecule has 0 aliphatic heterocycles. The number of aromatic nitrogens is 5. The predicted molar refractivity (Wildman–Crippen MR) is 130 cm³/mol. The second-order valence-corrected chi connectivity index (χ2v) is 8.51. The number of anilines is 2. The third-order valence-electron chi connectivity index (χ3n) is 5.82. The summed E-state index contributed by atoms with van der Waals surface area (Å²) in [6.07, 6.45) is -0.484. The fourth-order valence-corrected chi connectivity index (χ4v) is 3.96. The lowest BCUT2D eigenvalue weighted by atomic mass is 10.1. The molecule has 14 heteroatoms. The summed E-state index contributed by atoms with van der Waals surface area (Å²) in [5.74, 6) is -0.877. The molecule has 0 aliphatic rings. The molecular weight excluding hydrogens is 508 g/mol. The van der Waals surface area contributed by atoms with Crippen LogP contribution in [0.1, 0.15) is 30.9 Å². The molecule has 0 saturated heterocycles. The van der Waals surface area contributed by atoms with Crippen LogP contribution in [0.2, 0.25) is 0 Å². The standard InChI is InChI=1S/C24H20F4N8O2/c1-12(33-18-11-32-35-22(37)19(18)24(26,27)28)3-2-5-36-6-4-13-7-16(17(25)8-15(13)23(36)38)21-31-10-14(9-29)20(30)34-21/h4,6-8,10-12H,2-3,5H2,1H3,(H2,30,31,34)(H2,33,35,37)/t12-/m0/s1. The van der Waals surface area contributed by atoms with Gasteiger partial charge in [-0.25, -0.2) is 19.5 Å². The molecule has 3 heterocycles. The topological polar surface area (TPSA) is 155 Å². The Bertz CT molecular complexity index is 1670. The lowest BCUT2D eigenvalue weighted by Crippen LogP contribution is -2.27.